The Balaban J connectivity index is 2.25. The third kappa shape index (κ3) is 2.67. The Morgan fingerprint density at radius 3 is 2.39 bits per heavy atom. The molecule has 0 saturated carbocycles. The third-order valence-corrected chi connectivity index (χ3v) is 3.76. The molecule has 0 atom stereocenters. The minimum Gasteiger partial charge on any atom is -0.481 e. The van der Waals surface area contributed by atoms with Gasteiger partial charge in [0.1, 0.15) is 0 Å². The topological polar surface area (TPSA) is 61.4 Å². The van der Waals surface area contributed by atoms with Gasteiger partial charge in [-0.15, -0.1) is 0 Å². The zero-order valence-electron chi connectivity index (χ0n) is 10.5. The molecule has 1 aromatic rings. The minimum atomic E-state index is -0.767. The first-order valence-electron chi connectivity index (χ1n) is 5.89. The average molecular weight is 313 g/mol. The van der Waals surface area contributed by atoms with E-state index in [4.69, 9.17) is 5.11 Å². The molecule has 0 unspecified atom stereocenters. The Morgan fingerprint density at radius 2 is 2.00 bits per heavy atom. The zero-order valence-corrected chi connectivity index (χ0v) is 12.1. The molecule has 1 aromatic carbocycles. The molecule has 1 aliphatic rings. The number of nitrogens with one attached hydrogen (secondary N) is 2. The van der Waals surface area contributed by atoms with E-state index in [0.717, 1.165) is 21.3 Å². The van der Waals surface area contributed by atoms with Crippen LogP contribution >= 0.6 is 15.9 Å². The SMILES string of the molecule is Cc1cc(Br)cc(C)c1NC1(CC(=O)O)CNC1. The van der Waals surface area contributed by atoms with Gasteiger partial charge in [0.2, 0.25) is 0 Å². The van der Waals surface area contributed by atoms with E-state index in [2.05, 4.69) is 26.6 Å². The van der Waals surface area contributed by atoms with Gasteiger partial charge in [0.15, 0.2) is 0 Å². The molecule has 0 aromatic heterocycles. The molecule has 1 heterocycles. The summed E-state index contributed by atoms with van der Waals surface area (Å²) in [5, 5.41) is 15.6. The molecule has 1 saturated heterocycles. The van der Waals surface area contributed by atoms with E-state index in [0.29, 0.717) is 13.1 Å². The second kappa shape index (κ2) is 4.90. The highest BCUT2D eigenvalue weighted by atomic mass is 79.9. The van der Waals surface area contributed by atoms with E-state index in [9.17, 15) is 4.79 Å². The van der Waals surface area contributed by atoms with Crippen LogP contribution in [0.3, 0.4) is 0 Å². The summed E-state index contributed by atoms with van der Waals surface area (Å²) in [5.74, 6) is -0.767. The van der Waals surface area contributed by atoms with Crippen molar-refractivity contribution in [2.75, 3.05) is 18.4 Å². The molecule has 5 heteroatoms. The monoisotopic (exact) mass is 312 g/mol. The van der Waals surface area contributed by atoms with Crippen LogP contribution in [0, 0.1) is 13.8 Å². The number of rotatable bonds is 4. The third-order valence-electron chi connectivity index (χ3n) is 3.30. The second-order valence-electron chi connectivity index (χ2n) is 4.99. The van der Waals surface area contributed by atoms with Crippen LogP contribution in [-0.4, -0.2) is 29.7 Å². The van der Waals surface area contributed by atoms with Crippen LogP contribution < -0.4 is 10.6 Å². The molecule has 1 aliphatic heterocycles. The number of benzene rings is 1. The molecule has 18 heavy (non-hydrogen) atoms. The quantitative estimate of drug-likeness (QED) is 0.798. The molecular weight excluding hydrogens is 296 g/mol. The second-order valence-corrected chi connectivity index (χ2v) is 5.91. The molecule has 0 radical (unpaired) electrons. The molecule has 1 fully saturated rings. The lowest BCUT2D eigenvalue weighted by atomic mass is 9.87. The number of anilines is 1. The first kappa shape index (κ1) is 13.4. The van der Waals surface area contributed by atoms with Gasteiger partial charge in [-0.3, -0.25) is 4.79 Å². The smallest absolute Gasteiger partial charge is 0.305 e. The van der Waals surface area contributed by atoms with Crippen molar-refractivity contribution in [2.45, 2.75) is 25.8 Å². The molecule has 0 spiro atoms. The summed E-state index contributed by atoms with van der Waals surface area (Å²) >= 11 is 3.46. The van der Waals surface area contributed by atoms with Crippen molar-refractivity contribution < 1.29 is 9.90 Å². The molecule has 2 rings (SSSR count). The van der Waals surface area contributed by atoms with E-state index in [1.54, 1.807) is 0 Å². The predicted molar refractivity (Wildman–Crippen MR) is 75.1 cm³/mol. The van der Waals surface area contributed by atoms with Crippen LogP contribution in [-0.2, 0) is 4.79 Å². The minimum absolute atomic E-state index is 0.134. The maximum atomic E-state index is 10.9. The summed E-state index contributed by atoms with van der Waals surface area (Å²) in [4.78, 5) is 10.9. The van der Waals surface area contributed by atoms with Crippen LogP contribution in [0.15, 0.2) is 16.6 Å². The van der Waals surface area contributed by atoms with Gasteiger partial charge >= 0.3 is 5.97 Å². The van der Waals surface area contributed by atoms with Crippen LogP contribution in [0.4, 0.5) is 5.69 Å². The van der Waals surface area contributed by atoms with Crippen LogP contribution in [0.1, 0.15) is 17.5 Å². The fourth-order valence-corrected chi connectivity index (χ4v) is 3.03. The first-order valence-corrected chi connectivity index (χ1v) is 6.69. The van der Waals surface area contributed by atoms with Gasteiger partial charge in [0, 0.05) is 23.2 Å². The molecule has 98 valence electrons. The normalized spacial score (nSPS) is 17.1. The molecule has 3 N–H and O–H groups in total. The zero-order chi connectivity index (χ0) is 13.3. The maximum Gasteiger partial charge on any atom is 0.305 e. The number of hydrogen-bond acceptors (Lipinski definition) is 3. The fraction of sp³-hybridized carbons (Fsp3) is 0.462. The number of hydrogen-bond donors (Lipinski definition) is 3. The highest BCUT2D eigenvalue weighted by Crippen LogP contribution is 2.30. The molecule has 0 aliphatic carbocycles. The van der Waals surface area contributed by atoms with Crippen molar-refractivity contribution in [2.24, 2.45) is 0 Å². The predicted octanol–water partition coefficient (Wildman–Crippen LogP) is 2.29. The molecule has 0 bridgehead atoms. The van der Waals surface area contributed by atoms with Crippen molar-refractivity contribution >= 4 is 27.6 Å². The lowest BCUT2D eigenvalue weighted by Crippen LogP contribution is -2.65. The van der Waals surface area contributed by atoms with Gasteiger partial charge < -0.3 is 15.7 Å². The summed E-state index contributed by atoms with van der Waals surface area (Å²) < 4.78 is 1.04. The number of aryl methyl sites for hydroxylation is 2. The number of halogens is 1. The highest BCUT2D eigenvalue weighted by Gasteiger charge is 2.39. The molecular formula is C13H17BrN2O2. The number of carbonyl (C=O) groups is 1. The van der Waals surface area contributed by atoms with E-state index < -0.39 is 5.97 Å². The van der Waals surface area contributed by atoms with E-state index >= 15 is 0 Å². The number of carboxylic acid groups (broad SMARTS) is 1. The average Bonchev–Trinajstić information content (AvgIpc) is 2.18. The summed E-state index contributed by atoms with van der Waals surface area (Å²) in [6.07, 6.45) is 0.134. The van der Waals surface area contributed by atoms with E-state index in [1.165, 1.54) is 0 Å². The largest absolute Gasteiger partial charge is 0.481 e. The van der Waals surface area contributed by atoms with Crippen molar-refractivity contribution in [3.63, 3.8) is 0 Å². The number of aliphatic carboxylic acids is 1. The van der Waals surface area contributed by atoms with Gasteiger partial charge in [-0.05, 0) is 37.1 Å². The van der Waals surface area contributed by atoms with Gasteiger partial charge in [0.05, 0.1) is 12.0 Å². The first-order chi connectivity index (χ1) is 8.42. The summed E-state index contributed by atoms with van der Waals surface area (Å²) in [6.45, 7) is 5.43. The summed E-state index contributed by atoms with van der Waals surface area (Å²) in [7, 11) is 0. The Labute approximate surface area is 115 Å². The molecule has 4 nitrogen and oxygen atoms in total. The summed E-state index contributed by atoms with van der Waals surface area (Å²) in [6, 6.07) is 4.08. The highest BCUT2D eigenvalue weighted by molar-refractivity contribution is 9.10. The van der Waals surface area contributed by atoms with Crippen LogP contribution in [0.2, 0.25) is 0 Å². The number of carboxylic acids is 1. The van der Waals surface area contributed by atoms with E-state index in [1.807, 2.05) is 26.0 Å². The van der Waals surface area contributed by atoms with Gasteiger partial charge in [0.25, 0.3) is 0 Å². The lowest BCUT2D eigenvalue weighted by molar-refractivity contribution is -0.138. The summed E-state index contributed by atoms with van der Waals surface area (Å²) in [5.41, 5.74) is 2.94. The molecule has 0 amide bonds. The van der Waals surface area contributed by atoms with Gasteiger partial charge in [-0.1, -0.05) is 15.9 Å². The van der Waals surface area contributed by atoms with Crippen molar-refractivity contribution in [3.05, 3.63) is 27.7 Å². The Morgan fingerprint density at radius 1 is 1.44 bits per heavy atom. The fourth-order valence-electron chi connectivity index (χ4n) is 2.35. The Bertz CT molecular complexity index is 461. The van der Waals surface area contributed by atoms with Gasteiger partial charge in [-0.25, -0.2) is 0 Å². The van der Waals surface area contributed by atoms with E-state index in [-0.39, 0.29) is 12.0 Å². The van der Waals surface area contributed by atoms with Crippen LogP contribution in [0.5, 0.6) is 0 Å². The van der Waals surface area contributed by atoms with Gasteiger partial charge in [-0.2, -0.15) is 0 Å². The maximum absolute atomic E-state index is 10.9. The van der Waals surface area contributed by atoms with Crippen molar-refractivity contribution in [1.29, 1.82) is 0 Å². The standard InChI is InChI=1S/C13H17BrN2O2/c1-8-3-10(14)4-9(2)12(8)16-13(5-11(17)18)6-15-7-13/h3-4,15-16H,5-7H2,1-2H3,(H,17,18). The van der Waals surface area contributed by atoms with Crippen molar-refractivity contribution in [1.82, 2.24) is 5.32 Å². The van der Waals surface area contributed by atoms with Crippen molar-refractivity contribution in [3.8, 4) is 0 Å². The van der Waals surface area contributed by atoms with Crippen LogP contribution in [0.25, 0.3) is 0 Å². The lowest BCUT2D eigenvalue weighted by Gasteiger charge is -2.43. The Hall–Kier alpha value is -1.07. The Kier molecular flexibility index (Phi) is 3.64.